The van der Waals surface area contributed by atoms with Crippen LogP contribution in [-0.4, -0.2) is 16.7 Å². The number of carbonyl (C=O) groups excluding carboxylic acids is 2. The maximum Gasteiger partial charge on any atom is 0.294 e. The van der Waals surface area contributed by atoms with Gasteiger partial charge in [-0.1, -0.05) is 71.4 Å². The lowest BCUT2D eigenvalue weighted by atomic mass is 9.46. The molecule has 1 fully saturated rings. The second-order valence-corrected chi connectivity index (χ2v) is 9.80. The first kappa shape index (κ1) is 20.3. The summed E-state index contributed by atoms with van der Waals surface area (Å²) in [5, 5.41) is 11.8. The van der Waals surface area contributed by atoms with Gasteiger partial charge in [0.1, 0.15) is 5.69 Å². The van der Waals surface area contributed by atoms with Crippen molar-refractivity contribution in [2.24, 2.45) is 11.8 Å². The number of carbonyl (C=O) groups is 2. The highest BCUT2D eigenvalue weighted by atomic mass is 79.9. The smallest absolute Gasteiger partial charge is 0.274 e. The molecule has 3 aromatic carbocycles. The summed E-state index contributed by atoms with van der Waals surface area (Å²) in [5.41, 5.74) is 3.44. The first-order valence-electron chi connectivity index (χ1n) is 10.9. The summed E-state index contributed by atoms with van der Waals surface area (Å²) in [4.78, 5) is 40.3. The lowest BCUT2D eigenvalue weighted by Gasteiger charge is -2.54. The third-order valence-corrected chi connectivity index (χ3v) is 8.22. The van der Waals surface area contributed by atoms with E-state index in [2.05, 4.69) is 47.1 Å². The minimum Gasteiger partial charge on any atom is -0.274 e. The lowest BCUT2D eigenvalue weighted by Crippen LogP contribution is -2.53. The highest BCUT2D eigenvalue weighted by Gasteiger charge is 2.67. The number of benzene rings is 3. The number of hydrogen-bond donors (Lipinski definition) is 0. The van der Waals surface area contributed by atoms with E-state index in [9.17, 15) is 19.7 Å². The Hall–Kier alpha value is -3.32. The van der Waals surface area contributed by atoms with Gasteiger partial charge in [0.25, 0.3) is 5.69 Å². The molecule has 0 unspecified atom stereocenters. The van der Waals surface area contributed by atoms with Gasteiger partial charge in [0.05, 0.1) is 16.8 Å². The summed E-state index contributed by atoms with van der Waals surface area (Å²) >= 11 is 3.26. The molecule has 1 aliphatic heterocycles. The molecule has 3 aromatic rings. The van der Waals surface area contributed by atoms with Crippen molar-refractivity contribution in [1.82, 2.24) is 0 Å². The van der Waals surface area contributed by atoms with Gasteiger partial charge >= 0.3 is 0 Å². The Morgan fingerprint density at radius 2 is 1.58 bits per heavy atom. The fourth-order valence-electron chi connectivity index (χ4n) is 6.60. The highest BCUT2D eigenvalue weighted by molar-refractivity contribution is 9.10. The highest BCUT2D eigenvalue weighted by Crippen LogP contribution is 2.65. The van der Waals surface area contributed by atoms with Gasteiger partial charge in [0.2, 0.25) is 11.8 Å². The average molecular weight is 503 g/mol. The molecule has 2 amide bonds. The summed E-state index contributed by atoms with van der Waals surface area (Å²) < 4.78 is 0.513. The maximum absolute atomic E-state index is 14.1. The Labute approximate surface area is 198 Å². The van der Waals surface area contributed by atoms with E-state index in [-0.39, 0.29) is 29.1 Å². The first-order chi connectivity index (χ1) is 15.9. The van der Waals surface area contributed by atoms with Crippen LogP contribution in [0, 0.1) is 22.0 Å². The Morgan fingerprint density at radius 3 is 2.15 bits per heavy atom. The van der Waals surface area contributed by atoms with Gasteiger partial charge in [0, 0.05) is 21.9 Å². The van der Waals surface area contributed by atoms with Crippen LogP contribution in [0.25, 0.3) is 0 Å². The van der Waals surface area contributed by atoms with Crippen molar-refractivity contribution in [3.8, 4) is 0 Å². The predicted molar refractivity (Wildman–Crippen MR) is 126 cm³/mol. The monoisotopic (exact) mass is 502 g/mol. The summed E-state index contributed by atoms with van der Waals surface area (Å²) in [6.07, 6.45) is 0.643. The van der Waals surface area contributed by atoms with E-state index in [0.717, 1.165) is 27.2 Å². The van der Waals surface area contributed by atoms with Gasteiger partial charge in [-0.2, -0.15) is 0 Å². The number of rotatable bonds is 3. The van der Waals surface area contributed by atoms with Crippen molar-refractivity contribution >= 4 is 39.1 Å². The SMILES string of the molecule is CCC12c3ccccc3C(c3ccccc31)[C@@H]1C(=O)N(c3ccc(Br)cc3[N+](=O)[O-])C(=O)[C@@H]12. The van der Waals surface area contributed by atoms with Gasteiger partial charge in [-0.15, -0.1) is 0 Å². The van der Waals surface area contributed by atoms with Crippen molar-refractivity contribution in [2.75, 3.05) is 4.90 Å². The Bertz CT molecular complexity index is 1340. The third-order valence-electron chi connectivity index (χ3n) is 7.73. The maximum atomic E-state index is 14.1. The molecule has 3 aliphatic carbocycles. The number of amides is 2. The number of nitrogens with zero attached hydrogens (tertiary/aromatic N) is 2. The molecule has 33 heavy (non-hydrogen) atoms. The molecule has 1 saturated heterocycles. The molecule has 7 heteroatoms. The molecule has 0 radical (unpaired) electrons. The van der Waals surface area contributed by atoms with E-state index >= 15 is 0 Å². The molecule has 1 heterocycles. The van der Waals surface area contributed by atoms with Gasteiger partial charge in [-0.3, -0.25) is 19.7 Å². The Morgan fingerprint density at radius 1 is 0.970 bits per heavy atom. The average Bonchev–Trinajstić information content (AvgIpc) is 3.10. The standard InChI is InChI=1S/C26H19BrN2O4/c1-2-26-17-9-5-3-7-15(17)21(16-8-4-6-10-18(16)26)22-23(26)25(31)28(24(22)30)19-12-11-14(27)13-20(19)29(32)33/h3-13,21-23H,2H2,1H3/t21?,22-,23+,26?/m0/s1. The van der Waals surface area contributed by atoms with Crippen molar-refractivity contribution in [1.29, 1.82) is 0 Å². The molecule has 2 bridgehead atoms. The van der Waals surface area contributed by atoms with E-state index in [1.165, 1.54) is 12.1 Å². The Balaban J connectivity index is 1.63. The lowest BCUT2D eigenvalue weighted by molar-refractivity contribution is -0.384. The molecule has 0 saturated carbocycles. The van der Waals surface area contributed by atoms with E-state index < -0.39 is 22.2 Å². The molecular formula is C26H19BrN2O4. The molecule has 6 nitrogen and oxygen atoms in total. The van der Waals surface area contributed by atoms with Crippen LogP contribution in [0.4, 0.5) is 11.4 Å². The summed E-state index contributed by atoms with van der Waals surface area (Å²) in [5.74, 6) is -2.17. The van der Waals surface area contributed by atoms with Crippen LogP contribution < -0.4 is 4.90 Å². The Kier molecular flexibility index (Phi) is 4.21. The molecule has 0 aromatic heterocycles. The third kappa shape index (κ3) is 2.38. The normalized spacial score (nSPS) is 26.7. The number of anilines is 1. The van der Waals surface area contributed by atoms with E-state index in [1.807, 2.05) is 24.3 Å². The number of hydrogen-bond acceptors (Lipinski definition) is 4. The van der Waals surface area contributed by atoms with Crippen LogP contribution in [0.1, 0.15) is 41.5 Å². The zero-order valence-corrected chi connectivity index (χ0v) is 19.3. The molecule has 164 valence electrons. The second kappa shape index (κ2) is 6.84. The summed E-state index contributed by atoms with van der Waals surface area (Å²) in [6.45, 7) is 2.05. The molecule has 4 aliphatic rings. The summed E-state index contributed by atoms with van der Waals surface area (Å²) in [7, 11) is 0. The summed E-state index contributed by atoms with van der Waals surface area (Å²) in [6, 6.07) is 20.6. The minimum atomic E-state index is -0.655. The van der Waals surface area contributed by atoms with Crippen molar-refractivity contribution in [2.45, 2.75) is 24.7 Å². The number of nitro groups is 1. The molecule has 0 N–H and O–H groups in total. The zero-order chi connectivity index (χ0) is 23.1. The predicted octanol–water partition coefficient (Wildman–Crippen LogP) is 5.32. The van der Waals surface area contributed by atoms with E-state index in [4.69, 9.17) is 0 Å². The molecule has 0 spiro atoms. The fraction of sp³-hybridized carbons (Fsp3) is 0.231. The molecule has 7 rings (SSSR count). The van der Waals surface area contributed by atoms with Gasteiger partial charge in [-0.25, -0.2) is 4.90 Å². The number of nitro benzene ring substituents is 1. The van der Waals surface area contributed by atoms with Crippen LogP contribution in [0.15, 0.2) is 71.2 Å². The van der Waals surface area contributed by atoms with Crippen LogP contribution in [-0.2, 0) is 15.0 Å². The second-order valence-electron chi connectivity index (χ2n) is 8.88. The van der Waals surface area contributed by atoms with Crippen LogP contribution in [0.5, 0.6) is 0 Å². The van der Waals surface area contributed by atoms with Crippen molar-refractivity contribution in [3.63, 3.8) is 0 Å². The zero-order valence-electron chi connectivity index (χ0n) is 17.7. The number of halogens is 1. The number of imide groups is 1. The van der Waals surface area contributed by atoms with Crippen molar-refractivity contribution < 1.29 is 14.5 Å². The topological polar surface area (TPSA) is 80.5 Å². The molecular weight excluding hydrogens is 484 g/mol. The minimum absolute atomic E-state index is 0.0337. The van der Waals surface area contributed by atoms with Gasteiger partial charge < -0.3 is 0 Å². The van der Waals surface area contributed by atoms with Crippen LogP contribution >= 0.6 is 15.9 Å². The fourth-order valence-corrected chi connectivity index (χ4v) is 6.95. The quantitative estimate of drug-likeness (QED) is 0.275. The van der Waals surface area contributed by atoms with Crippen molar-refractivity contribution in [3.05, 3.63) is 104 Å². The van der Waals surface area contributed by atoms with E-state index in [1.54, 1.807) is 6.07 Å². The largest absolute Gasteiger partial charge is 0.294 e. The molecule has 2 atom stereocenters. The van der Waals surface area contributed by atoms with Crippen LogP contribution in [0.3, 0.4) is 0 Å². The van der Waals surface area contributed by atoms with Gasteiger partial charge in [-0.05, 0) is 40.8 Å². The van der Waals surface area contributed by atoms with Crippen LogP contribution in [0.2, 0.25) is 0 Å². The van der Waals surface area contributed by atoms with Gasteiger partial charge in [0.15, 0.2) is 0 Å². The first-order valence-corrected chi connectivity index (χ1v) is 11.7. The van der Waals surface area contributed by atoms with E-state index in [0.29, 0.717) is 10.9 Å².